The van der Waals surface area contributed by atoms with Gasteiger partial charge in [0, 0.05) is 42.8 Å². The highest BCUT2D eigenvalue weighted by Gasteiger charge is 2.23. The summed E-state index contributed by atoms with van der Waals surface area (Å²) in [7, 11) is 0. The fraction of sp³-hybridized carbons (Fsp3) is 0. The molecule has 0 unspecified atom stereocenters. The van der Waals surface area contributed by atoms with E-state index in [2.05, 4.69) is 103 Å². The first kappa shape index (κ1) is 26.9. The van der Waals surface area contributed by atoms with Crippen molar-refractivity contribution in [2.45, 2.75) is 0 Å². The van der Waals surface area contributed by atoms with Crippen LogP contribution in [-0.2, 0) is 0 Å². The van der Waals surface area contributed by atoms with E-state index in [0.29, 0.717) is 17.5 Å². The van der Waals surface area contributed by atoms with Crippen LogP contribution in [0.3, 0.4) is 0 Å². The zero-order valence-corrected chi connectivity index (χ0v) is 25.2. The van der Waals surface area contributed by atoms with Crippen molar-refractivity contribution in [3.8, 4) is 66.2 Å². The molecule has 0 aliphatic heterocycles. The Morgan fingerprint density at radius 2 is 0.733 bits per heavy atom. The molecule has 2 aromatic heterocycles. The van der Waals surface area contributed by atoms with Crippen molar-refractivity contribution >= 4 is 22.1 Å². The van der Waals surface area contributed by atoms with Crippen molar-refractivity contribution in [2.24, 2.45) is 0 Å². The van der Waals surface area contributed by atoms with E-state index in [1.54, 1.807) is 0 Å². The number of nitrogens with zero attached hydrogens (tertiary/aromatic N) is 3. The van der Waals surface area contributed by atoms with Crippen molar-refractivity contribution in [1.82, 2.24) is 15.0 Å². The van der Waals surface area contributed by atoms with Crippen LogP contribution in [-0.4, -0.2) is 15.0 Å². The largest absolute Gasteiger partial charge is 0.208 e. The van der Waals surface area contributed by atoms with E-state index < -0.39 is 0 Å². The van der Waals surface area contributed by atoms with Crippen LogP contribution < -0.4 is 0 Å². The third-order valence-electron chi connectivity index (χ3n) is 7.97. The number of benzene rings is 6. The van der Waals surface area contributed by atoms with Gasteiger partial charge in [0.1, 0.15) is 0 Å². The van der Waals surface area contributed by atoms with Crippen molar-refractivity contribution < 1.29 is 0 Å². The lowest BCUT2D eigenvalue weighted by molar-refractivity contribution is 1.07. The molecule has 3 nitrogen and oxygen atoms in total. The Bertz CT molecular complexity index is 2190. The fourth-order valence-electron chi connectivity index (χ4n) is 5.85. The maximum Gasteiger partial charge on any atom is 0.164 e. The van der Waals surface area contributed by atoms with Gasteiger partial charge in [-0.1, -0.05) is 164 Å². The fourth-order valence-corrected chi connectivity index (χ4v) is 7.21. The van der Waals surface area contributed by atoms with Crippen LogP contribution >= 0.6 is 11.3 Å². The second kappa shape index (κ2) is 11.8. The average Bonchev–Trinajstić information content (AvgIpc) is 3.52. The number of rotatable bonds is 6. The van der Waals surface area contributed by atoms with Crippen LogP contribution in [0.25, 0.3) is 76.9 Å². The molecule has 0 N–H and O–H groups in total. The maximum atomic E-state index is 5.15. The number of hydrogen-bond acceptors (Lipinski definition) is 4. The normalized spacial score (nSPS) is 11.1. The lowest BCUT2D eigenvalue weighted by atomic mass is 9.92. The molecule has 0 saturated carbocycles. The van der Waals surface area contributed by atoms with Gasteiger partial charge >= 0.3 is 0 Å². The molecular formula is C41H27N3S. The summed E-state index contributed by atoms with van der Waals surface area (Å²) < 4.78 is 0. The number of aromatic nitrogens is 3. The zero-order valence-electron chi connectivity index (χ0n) is 24.3. The van der Waals surface area contributed by atoms with Crippen molar-refractivity contribution in [3.63, 3.8) is 0 Å². The Hall–Kier alpha value is -5.71. The van der Waals surface area contributed by atoms with E-state index in [1.165, 1.54) is 26.1 Å². The van der Waals surface area contributed by atoms with Gasteiger partial charge in [0.2, 0.25) is 0 Å². The first-order chi connectivity index (χ1) is 22.3. The molecule has 4 heteroatoms. The minimum absolute atomic E-state index is 0.647. The van der Waals surface area contributed by atoms with E-state index in [1.807, 2.05) is 72.0 Å². The van der Waals surface area contributed by atoms with E-state index in [9.17, 15) is 0 Å². The van der Waals surface area contributed by atoms with Gasteiger partial charge in [-0.25, -0.2) is 15.0 Å². The summed E-state index contributed by atoms with van der Waals surface area (Å²) in [5.41, 5.74) is 7.49. The third-order valence-corrected chi connectivity index (χ3v) is 9.26. The molecule has 0 bridgehead atoms. The van der Waals surface area contributed by atoms with Crippen LogP contribution in [0.15, 0.2) is 164 Å². The summed E-state index contributed by atoms with van der Waals surface area (Å²) in [4.78, 5) is 17.7. The van der Waals surface area contributed by atoms with Crippen LogP contribution in [0, 0.1) is 0 Å². The van der Waals surface area contributed by atoms with Gasteiger partial charge in [-0.05, 0) is 16.7 Å². The summed E-state index contributed by atoms with van der Waals surface area (Å²) in [6.07, 6.45) is 0. The van der Waals surface area contributed by atoms with Gasteiger partial charge in [-0.3, -0.25) is 0 Å². The molecule has 45 heavy (non-hydrogen) atoms. The molecular weight excluding hydrogens is 567 g/mol. The predicted octanol–water partition coefficient (Wildman–Crippen LogP) is 11.1. The standard InChI is InChI=1S/C41H27N3S/c1-5-16-28(17-6-1)32-26-15-27-35(36(32)38-34-25-14-13-24-33(34)37(45-38)29-18-7-2-8-19-29)41-43-39(30-20-9-3-10-21-30)42-40(44-41)31-22-11-4-12-23-31/h1-27H. The number of hydrogen-bond donors (Lipinski definition) is 0. The first-order valence-corrected chi connectivity index (χ1v) is 15.8. The number of fused-ring (bicyclic) bond motifs is 1. The number of thiophene rings is 1. The second-order valence-corrected chi connectivity index (χ2v) is 11.8. The quantitative estimate of drug-likeness (QED) is 0.192. The highest BCUT2D eigenvalue weighted by Crippen LogP contribution is 2.49. The van der Waals surface area contributed by atoms with Gasteiger partial charge in [0.25, 0.3) is 0 Å². The van der Waals surface area contributed by atoms with Gasteiger partial charge in [-0.15, -0.1) is 11.3 Å². The Labute approximate surface area is 266 Å². The Kier molecular flexibility index (Phi) is 7.02. The van der Waals surface area contributed by atoms with Crippen molar-refractivity contribution in [3.05, 3.63) is 164 Å². The topological polar surface area (TPSA) is 38.7 Å². The van der Waals surface area contributed by atoms with E-state index in [4.69, 9.17) is 15.0 Å². The molecule has 0 atom stereocenters. The summed E-state index contributed by atoms with van der Waals surface area (Å²) in [6.45, 7) is 0. The van der Waals surface area contributed by atoms with Crippen molar-refractivity contribution in [1.29, 1.82) is 0 Å². The molecule has 212 valence electrons. The average molecular weight is 594 g/mol. The molecule has 0 radical (unpaired) electrons. The van der Waals surface area contributed by atoms with Crippen molar-refractivity contribution in [2.75, 3.05) is 0 Å². The van der Waals surface area contributed by atoms with Gasteiger partial charge < -0.3 is 0 Å². The van der Waals surface area contributed by atoms with E-state index in [0.717, 1.165) is 33.4 Å². The molecule has 0 saturated heterocycles. The third kappa shape index (κ3) is 5.12. The molecule has 8 rings (SSSR count). The van der Waals surface area contributed by atoms with E-state index in [-0.39, 0.29) is 0 Å². The molecule has 2 heterocycles. The molecule has 0 spiro atoms. The minimum atomic E-state index is 0.647. The maximum absolute atomic E-state index is 5.15. The Morgan fingerprint density at radius 1 is 0.311 bits per heavy atom. The summed E-state index contributed by atoms with van der Waals surface area (Å²) in [5.74, 6) is 1.95. The molecule has 0 amide bonds. The predicted molar refractivity (Wildman–Crippen MR) is 188 cm³/mol. The Balaban J connectivity index is 1.45. The monoisotopic (exact) mass is 593 g/mol. The smallest absolute Gasteiger partial charge is 0.164 e. The first-order valence-electron chi connectivity index (χ1n) is 15.0. The lowest BCUT2D eigenvalue weighted by Gasteiger charge is -2.16. The zero-order chi connectivity index (χ0) is 30.0. The highest BCUT2D eigenvalue weighted by atomic mass is 32.1. The summed E-state index contributed by atoms with van der Waals surface area (Å²) in [6, 6.07) is 56.7. The highest BCUT2D eigenvalue weighted by molar-refractivity contribution is 7.21. The molecule has 8 aromatic rings. The van der Waals surface area contributed by atoms with Crippen LogP contribution in [0.4, 0.5) is 0 Å². The SMILES string of the molecule is c1ccc(-c2nc(-c3ccccc3)nc(-c3cccc(-c4ccccc4)c3-c3sc(-c4ccccc4)c4ccccc34)n2)cc1. The molecule has 6 aromatic carbocycles. The van der Waals surface area contributed by atoms with Gasteiger partial charge in [0.15, 0.2) is 17.5 Å². The Morgan fingerprint density at radius 3 is 1.29 bits per heavy atom. The van der Waals surface area contributed by atoms with Gasteiger partial charge in [0.05, 0.1) is 0 Å². The molecule has 0 aliphatic carbocycles. The lowest BCUT2D eigenvalue weighted by Crippen LogP contribution is -2.01. The van der Waals surface area contributed by atoms with Gasteiger partial charge in [-0.2, -0.15) is 0 Å². The second-order valence-electron chi connectivity index (χ2n) is 10.8. The summed E-state index contributed by atoms with van der Waals surface area (Å²) >= 11 is 1.83. The van der Waals surface area contributed by atoms with E-state index >= 15 is 0 Å². The molecule has 0 aliphatic rings. The van der Waals surface area contributed by atoms with Crippen LogP contribution in [0.1, 0.15) is 0 Å². The van der Waals surface area contributed by atoms with Crippen LogP contribution in [0.2, 0.25) is 0 Å². The summed E-state index contributed by atoms with van der Waals surface area (Å²) in [5, 5.41) is 2.45. The molecule has 0 fully saturated rings. The minimum Gasteiger partial charge on any atom is -0.208 e. The van der Waals surface area contributed by atoms with Crippen LogP contribution in [0.5, 0.6) is 0 Å².